The van der Waals surface area contributed by atoms with Gasteiger partial charge < -0.3 is 0 Å². The molecule has 4 rings (SSSR count). The minimum atomic E-state index is -0.544. The summed E-state index contributed by atoms with van der Waals surface area (Å²) in [6.45, 7) is 0. The van der Waals surface area contributed by atoms with Crippen molar-refractivity contribution < 1.29 is 15.6 Å². The number of hydrogen-bond acceptors (Lipinski definition) is 2. The summed E-state index contributed by atoms with van der Waals surface area (Å²) >= 11 is 0. The highest BCUT2D eigenvalue weighted by Gasteiger charge is 2.33. The van der Waals surface area contributed by atoms with Crippen molar-refractivity contribution in [3.63, 3.8) is 0 Å². The average Bonchev–Trinajstić information content (AvgIpc) is 2.44. The lowest BCUT2D eigenvalue weighted by Gasteiger charge is -2.16. The van der Waals surface area contributed by atoms with Gasteiger partial charge in [-0.25, -0.2) is 0 Å². The quantitative estimate of drug-likeness (QED) is 0.452. The van der Waals surface area contributed by atoms with Gasteiger partial charge in [-0.1, -0.05) is 24.3 Å². The van der Waals surface area contributed by atoms with Gasteiger partial charge in [-0.3, -0.25) is 0 Å². The highest BCUT2D eigenvalue weighted by molar-refractivity contribution is 6.12. The van der Waals surface area contributed by atoms with Crippen LogP contribution in [0.2, 0.25) is 0 Å². The zero-order chi connectivity index (χ0) is 13.0. The topological polar surface area (TPSA) is 44.9 Å². The first-order valence-electron chi connectivity index (χ1n) is 6.30. The van der Waals surface area contributed by atoms with E-state index in [4.69, 9.17) is 0 Å². The van der Waals surface area contributed by atoms with Gasteiger partial charge in [0.05, 0.1) is 10.9 Å². The Hall–Kier alpha value is -2.07. The first-order chi connectivity index (χ1) is 9.25. The molecule has 3 aromatic rings. The van der Waals surface area contributed by atoms with Crippen molar-refractivity contribution in [1.82, 2.24) is 0 Å². The molecule has 0 spiro atoms. The van der Waals surface area contributed by atoms with Crippen LogP contribution in [0.15, 0.2) is 42.5 Å². The maximum atomic E-state index is 9.46. The fourth-order valence-electron chi connectivity index (χ4n) is 3.06. The van der Waals surface area contributed by atoms with Gasteiger partial charge in [0.15, 0.2) is 0 Å². The van der Waals surface area contributed by atoms with Gasteiger partial charge in [0.1, 0.15) is 17.7 Å². The smallest absolute Gasteiger partial charge is 0.182 e. The molecule has 92 valence electrons. The molecule has 1 atom stereocenters. The van der Waals surface area contributed by atoms with Crippen LogP contribution in [0.3, 0.4) is 0 Å². The van der Waals surface area contributed by atoms with E-state index in [1.165, 1.54) is 16.2 Å². The summed E-state index contributed by atoms with van der Waals surface area (Å²) in [5.41, 5.74) is 0.960. The second-order valence-corrected chi connectivity index (χ2v) is 4.96. The van der Waals surface area contributed by atoms with E-state index >= 15 is 0 Å². The number of hydrogen-bond donors (Lipinski definition) is 3. The second-order valence-electron chi connectivity index (χ2n) is 4.96. The predicted octanol–water partition coefficient (Wildman–Crippen LogP) is 1.41. The zero-order valence-electron chi connectivity index (χ0n) is 10.2. The van der Waals surface area contributed by atoms with Crippen LogP contribution in [0.4, 0.5) is 0 Å². The van der Waals surface area contributed by atoms with Crippen molar-refractivity contribution in [1.29, 1.82) is 0 Å². The molecule has 0 amide bonds. The number of hydroxylamine groups is 2. The van der Waals surface area contributed by atoms with E-state index in [0.29, 0.717) is 0 Å². The fourth-order valence-corrected chi connectivity index (χ4v) is 3.06. The summed E-state index contributed by atoms with van der Waals surface area (Å²) in [7, 11) is 0. The first-order valence-corrected chi connectivity index (χ1v) is 6.30. The fraction of sp³-hybridized carbons (Fsp3) is 0.0625. The van der Waals surface area contributed by atoms with Crippen molar-refractivity contribution in [3.8, 4) is 0 Å². The Morgan fingerprint density at radius 1 is 0.895 bits per heavy atom. The van der Waals surface area contributed by atoms with Crippen molar-refractivity contribution in [2.45, 2.75) is 6.04 Å². The van der Waals surface area contributed by atoms with Crippen LogP contribution in [0.5, 0.6) is 0 Å². The van der Waals surface area contributed by atoms with Crippen LogP contribution in [-0.2, 0) is 0 Å². The summed E-state index contributed by atoms with van der Waals surface area (Å²) in [5.74, 6) is 0. The molecule has 0 bridgehead atoms. The monoisotopic (exact) mass is 251 g/mol. The molecule has 3 heteroatoms. The minimum Gasteiger partial charge on any atom is -0.182 e. The number of quaternary nitrogens is 1. The van der Waals surface area contributed by atoms with Gasteiger partial charge in [0.2, 0.25) is 0 Å². The Bertz CT molecular complexity index is 823. The maximum Gasteiger partial charge on any atom is 0.257 e. The Morgan fingerprint density at radius 2 is 1.63 bits per heavy atom. The van der Waals surface area contributed by atoms with E-state index in [1.54, 1.807) is 0 Å². The SMILES string of the molecule is O[NH+](O)C1[CH+]C=c2ccc3cccc4ccc1c2c43. The second kappa shape index (κ2) is 3.71. The molecule has 1 unspecified atom stereocenters. The van der Waals surface area contributed by atoms with Crippen molar-refractivity contribution in [2.75, 3.05) is 0 Å². The molecule has 0 saturated carbocycles. The van der Waals surface area contributed by atoms with Gasteiger partial charge in [-0.05, 0) is 28.1 Å². The molecule has 3 aromatic carbocycles. The third-order valence-corrected chi connectivity index (χ3v) is 3.92. The van der Waals surface area contributed by atoms with Crippen LogP contribution in [0.1, 0.15) is 11.6 Å². The van der Waals surface area contributed by atoms with Crippen LogP contribution in [0.25, 0.3) is 27.6 Å². The van der Waals surface area contributed by atoms with Crippen LogP contribution in [-0.4, -0.2) is 10.4 Å². The van der Waals surface area contributed by atoms with Crippen molar-refractivity contribution >= 4 is 27.6 Å². The minimum absolute atomic E-state index is 0.428. The molecule has 0 radical (unpaired) electrons. The molecular weight excluding hydrogens is 238 g/mol. The predicted molar refractivity (Wildman–Crippen MR) is 72.7 cm³/mol. The lowest BCUT2D eigenvalue weighted by Crippen LogP contribution is -3.07. The average molecular weight is 251 g/mol. The normalized spacial score (nSPS) is 17.7. The Labute approximate surface area is 109 Å². The molecule has 3 nitrogen and oxygen atoms in total. The molecule has 0 aliphatic heterocycles. The summed E-state index contributed by atoms with van der Waals surface area (Å²) < 4.78 is 0. The van der Waals surface area contributed by atoms with Crippen LogP contribution < -0.4 is 10.4 Å². The summed E-state index contributed by atoms with van der Waals surface area (Å²) in [6.07, 6.45) is 3.79. The van der Waals surface area contributed by atoms with E-state index in [2.05, 4.69) is 24.3 Å². The van der Waals surface area contributed by atoms with Gasteiger partial charge >= 0.3 is 0 Å². The van der Waals surface area contributed by atoms with Gasteiger partial charge in [0.25, 0.3) is 6.04 Å². The Kier molecular flexibility index (Phi) is 2.11. The molecule has 3 N–H and O–H groups in total. The molecule has 19 heavy (non-hydrogen) atoms. The van der Waals surface area contributed by atoms with Crippen LogP contribution >= 0.6 is 0 Å². The molecule has 0 fully saturated rings. The van der Waals surface area contributed by atoms with E-state index in [0.717, 1.165) is 16.2 Å². The molecule has 0 saturated heterocycles. The van der Waals surface area contributed by atoms with E-state index in [1.807, 2.05) is 30.7 Å². The van der Waals surface area contributed by atoms with Gasteiger partial charge in [0, 0.05) is 11.5 Å². The highest BCUT2D eigenvalue weighted by atomic mass is 16.8. The zero-order valence-corrected chi connectivity index (χ0v) is 10.2. The van der Waals surface area contributed by atoms with Crippen LogP contribution in [0, 0.1) is 6.42 Å². The summed E-state index contributed by atoms with van der Waals surface area (Å²) in [5, 5.41) is 24.2. The molecule has 1 aliphatic carbocycles. The van der Waals surface area contributed by atoms with E-state index in [-0.39, 0.29) is 0 Å². The Balaban J connectivity index is 2.23. The number of nitrogens with one attached hydrogen (secondary N) is 1. The van der Waals surface area contributed by atoms with E-state index < -0.39 is 11.3 Å². The maximum absolute atomic E-state index is 9.46. The Morgan fingerprint density at radius 3 is 2.37 bits per heavy atom. The highest BCUT2D eigenvalue weighted by Crippen LogP contribution is 2.31. The molecule has 0 heterocycles. The third kappa shape index (κ3) is 1.40. The molecule has 0 aromatic heterocycles. The largest absolute Gasteiger partial charge is 0.257 e. The number of benzene rings is 3. The third-order valence-electron chi connectivity index (χ3n) is 3.92. The van der Waals surface area contributed by atoms with Gasteiger partial charge in [-0.2, -0.15) is 10.4 Å². The molecular formula is C16H13NO2+2. The van der Waals surface area contributed by atoms with Crippen molar-refractivity contribution in [3.05, 3.63) is 59.7 Å². The lowest BCUT2D eigenvalue weighted by molar-refractivity contribution is -1.26. The van der Waals surface area contributed by atoms with E-state index in [9.17, 15) is 10.4 Å². The first kappa shape index (κ1) is 10.8. The standard InChI is InChI=1S/C16H12NO2/c18-17(19)14-9-7-12-5-4-10-2-1-3-11-6-8-13(14)16(12)15(10)11/h1-9,14,18-19H/q+1/p+1. The molecule has 1 aliphatic rings. The summed E-state index contributed by atoms with van der Waals surface area (Å²) in [4.78, 5) is 0. The lowest BCUT2D eigenvalue weighted by atomic mass is 9.88. The van der Waals surface area contributed by atoms with Crippen molar-refractivity contribution in [2.24, 2.45) is 0 Å². The van der Waals surface area contributed by atoms with Gasteiger partial charge in [-0.15, -0.1) is 0 Å². The summed E-state index contributed by atoms with van der Waals surface area (Å²) in [6, 6.07) is 14.0. The number of rotatable bonds is 1.